The van der Waals surface area contributed by atoms with E-state index in [1.165, 1.54) is 31.5 Å². The lowest BCUT2D eigenvalue weighted by Crippen LogP contribution is -2.47. The van der Waals surface area contributed by atoms with E-state index in [1.807, 2.05) is 6.07 Å². The van der Waals surface area contributed by atoms with E-state index in [9.17, 15) is 0 Å². The van der Waals surface area contributed by atoms with Gasteiger partial charge < -0.3 is 14.8 Å². The van der Waals surface area contributed by atoms with Crippen molar-refractivity contribution in [2.24, 2.45) is 0 Å². The van der Waals surface area contributed by atoms with E-state index in [0.29, 0.717) is 6.04 Å². The zero-order valence-electron chi connectivity index (χ0n) is 14.4. The first-order valence-electron chi connectivity index (χ1n) is 8.71. The van der Waals surface area contributed by atoms with Crippen molar-refractivity contribution in [3.05, 3.63) is 23.8 Å². The molecule has 5 heteroatoms. The molecule has 1 atom stereocenters. The number of likely N-dealkylation sites (tertiary alicyclic amines) is 1. The van der Waals surface area contributed by atoms with Gasteiger partial charge in [0.25, 0.3) is 0 Å². The predicted molar refractivity (Wildman–Crippen MR) is 92.4 cm³/mol. The maximum atomic E-state index is 5.68. The fourth-order valence-corrected chi connectivity index (χ4v) is 3.70. The highest BCUT2D eigenvalue weighted by molar-refractivity contribution is 5.42. The van der Waals surface area contributed by atoms with Crippen molar-refractivity contribution in [1.29, 1.82) is 0 Å². The van der Waals surface area contributed by atoms with Gasteiger partial charge >= 0.3 is 0 Å². The minimum Gasteiger partial charge on any atom is -0.497 e. The highest BCUT2D eigenvalue weighted by atomic mass is 16.5. The minimum absolute atomic E-state index is 0.399. The van der Waals surface area contributed by atoms with Gasteiger partial charge in [0.05, 0.1) is 20.3 Å². The molecule has 2 heterocycles. The average molecular weight is 319 g/mol. The van der Waals surface area contributed by atoms with Crippen LogP contribution in [0.3, 0.4) is 0 Å². The molecule has 128 valence electrons. The Labute approximate surface area is 139 Å². The zero-order chi connectivity index (χ0) is 16.1. The van der Waals surface area contributed by atoms with Gasteiger partial charge in [0, 0.05) is 44.4 Å². The molecule has 1 aromatic carbocycles. The van der Waals surface area contributed by atoms with E-state index in [0.717, 1.165) is 44.2 Å². The predicted octanol–water partition coefficient (Wildman–Crippen LogP) is 1.75. The smallest absolute Gasteiger partial charge is 0.127 e. The zero-order valence-corrected chi connectivity index (χ0v) is 14.4. The summed E-state index contributed by atoms with van der Waals surface area (Å²) in [5, 5.41) is 3.44. The van der Waals surface area contributed by atoms with E-state index >= 15 is 0 Å². The lowest BCUT2D eigenvalue weighted by Gasteiger charge is -2.36. The highest BCUT2D eigenvalue weighted by Crippen LogP contribution is 2.34. The molecule has 1 unspecified atom stereocenters. The van der Waals surface area contributed by atoms with Crippen LogP contribution in [0.15, 0.2) is 18.2 Å². The fraction of sp³-hybridized carbons (Fsp3) is 0.667. The number of rotatable bonds is 6. The van der Waals surface area contributed by atoms with E-state index in [-0.39, 0.29) is 0 Å². The summed E-state index contributed by atoms with van der Waals surface area (Å²) in [6, 6.07) is 6.65. The Kier molecular flexibility index (Phi) is 5.75. The van der Waals surface area contributed by atoms with Crippen LogP contribution >= 0.6 is 0 Å². The molecule has 23 heavy (non-hydrogen) atoms. The lowest BCUT2D eigenvalue weighted by atomic mass is 10.0. The third-order valence-electron chi connectivity index (χ3n) is 5.02. The van der Waals surface area contributed by atoms with Crippen LogP contribution in [0.4, 0.5) is 0 Å². The second kappa shape index (κ2) is 7.99. The molecule has 2 fully saturated rings. The van der Waals surface area contributed by atoms with Crippen LogP contribution in [0.5, 0.6) is 11.5 Å². The van der Waals surface area contributed by atoms with Crippen molar-refractivity contribution in [1.82, 2.24) is 15.1 Å². The van der Waals surface area contributed by atoms with Crippen LogP contribution in [0, 0.1) is 0 Å². The maximum Gasteiger partial charge on any atom is 0.127 e. The summed E-state index contributed by atoms with van der Waals surface area (Å²) in [7, 11) is 3.46. The number of hydrogen-bond acceptors (Lipinski definition) is 5. The first-order chi connectivity index (χ1) is 11.3. The Morgan fingerprint density at radius 3 is 2.43 bits per heavy atom. The average Bonchev–Trinajstić information content (AvgIpc) is 3.14. The van der Waals surface area contributed by atoms with E-state index in [1.54, 1.807) is 14.2 Å². The molecule has 5 nitrogen and oxygen atoms in total. The van der Waals surface area contributed by atoms with Gasteiger partial charge in [-0.3, -0.25) is 9.80 Å². The molecule has 2 aliphatic heterocycles. The molecular formula is C18H29N3O2. The summed E-state index contributed by atoms with van der Waals surface area (Å²) >= 11 is 0. The van der Waals surface area contributed by atoms with Crippen LogP contribution in [0.25, 0.3) is 0 Å². The maximum absolute atomic E-state index is 5.68. The van der Waals surface area contributed by atoms with Gasteiger partial charge in [0.15, 0.2) is 0 Å². The number of ether oxygens (including phenoxy) is 2. The van der Waals surface area contributed by atoms with Gasteiger partial charge in [-0.15, -0.1) is 0 Å². The van der Waals surface area contributed by atoms with Crippen molar-refractivity contribution in [3.8, 4) is 11.5 Å². The molecule has 1 aromatic rings. The molecule has 2 aliphatic rings. The Hall–Kier alpha value is -1.30. The quantitative estimate of drug-likeness (QED) is 0.864. The summed E-state index contributed by atoms with van der Waals surface area (Å²) in [5.41, 5.74) is 1.29. The van der Waals surface area contributed by atoms with Crippen LogP contribution < -0.4 is 14.8 Å². The molecule has 0 spiro atoms. The van der Waals surface area contributed by atoms with Crippen molar-refractivity contribution in [3.63, 3.8) is 0 Å². The summed E-state index contributed by atoms with van der Waals surface area (Å²) in [5.74, 6) is 1.80. The molecule has 2 saturated heterocycles. The van der Waals surface area contributed by atoms with E-state index in [4.69, 9.17) is 9.47 Å². The van der Waals surface area contributed by atoms with E-state index < -0.39 is 0 Å². The molecule has 0 bridgehead atoms. The van der Waals surface area contributed by atoms with Crippen LogP contribution in [-0.2, 0) is 0 Å². The summed E-state index contributed by atoms with van der Waals surface area (Å²) in [6.45, 7) is 7.88. The molecule has 0 aliphatic carbocycles. The van der Waals surface area contributed by atoms with Crippen LogP contribution in [0.2, 0.25) is 0 Å². The van der Waals surface area contributed by atoms with Crippen molar-refractivity contribution < 1.29 is 9.47 Å². The van der Waals surface area contributed by atoms with Crippen LogP contribution in [0.1, 0.15) is 24.4 Å². The molecule has 0 saturated carbocycles. The molecule has 3 rings (SSSR count). The fourth-order valence-electron chi connectivity index (χ4n) is 3.70. The second-order valence-electron chi connectivity index (χ2n) is 6.42. The third-order valence-corrected chi connectivity index (χ3v) is 5.02. The number of methoxy groups -OCH3 is 2. The van der Waals surface area contributed by atoms with Crippen molar-refractivity contribution in [2.75, 3.05) is 60.0 Å². The second-order valence-corrected chi connectivity index (χ2v) is 6.42. The number of nitrogens with one attached hydrogen (secondary N) is 1. The van der Waals surface area contributed by atoms with Crippen LogP contribution in [-0.4, -0.2) is 69.8 Å². The van der Waals surface area contributed by atoms with Gasteiger partial charge in [-0.25, -0.2) is 0 Å². The minimum atomic E-state index is 0.399. The lowest BCUT2D eigenvalue weighted by molar-refractivity contribution is 0.147. The van der Waals surface area contributed by atoms with Gasteiger partial charge in [-0.2, -0.15) is 0 Å². The summed E-state index contributed by atoms with van der Waals surface area (Å²) < 4.78 is 11.0. The standard InChI is InChI=1S/C18H29N3O2/c1-22-15-5-6-16(18(13-15)23-2)17(21-9-3-4-10-21)14-20-11-7-19-8-12-20/h5-6,13,17,19H,3-4,7-12,14H2,1-2H3. The Morgan fingerprint density at radius 2 is 1.78 bits per heavy atom. The first-order valence-corrected chi connectivity index (χ1v) is 8.71. The molecule has 1 N–H and O–H groups in total. The Morgan fingerprint density at radius 1 is 1.04 bits per heavy atom. The molecule has 0 radical (unpaired) electrons. The van der Waals surface area contributed by atoms with Gasteiger partial charge in [-0.05, 0) is 32.0 Å². The third kappa shape index (κ3) is 3.97. The molecule has 0 aromatic heterocycles. The Bertz CT molecular complexity index is 497. The monoisotopic (exact) mass is 319 g/mol. The molecule has 0 amide bonds. The topological polar surface area (TPSA) is 37.0 Å². The number of benzene rings is 1. The van der Waals surface area contributed by atoms with Gasteiger partial charge in [-0.1, -0.05) is 6.07 Å². The number of hydrogen-bond donors (Lipinski definition) is 1. The Balaban J connectivity index is 1.84. The highest BCUT2D eigenvalue weighted by Gasteiger charge is 2.28. The SMILES string of the molecule is COc1ccc(C(CN2CCNCC2)N2CCCC2)c(OC)c1. The summed E-state index contributed by atoms with van der Waals surface area (Å²) in [4.78, 5) is 5.19. The number of nitrogens with zero attached hydrogens (tertiary/aromatic N) is 2. The van der Waals surface area contributed by atoms with Crippen molar-refractivity contribution in [2.45, 2.75) is 18.9 Å². The first kappa shape index (κ1) is 16.6. The largest absolute Gasteiger partial charge is 0.497 e. The van der Waals surface area contributed by atoms with E-state index in [2.05, 4.69) is 27.2 Å². The summed E-state index contributed by atoms with van der Waals surface area (Å²) in [6.07, 6.45) is 2.60. The van der Waals surface area contributed by atoms with Gasteiger partial charge in [0.2, 0.25) is 0 Å². The van der Waals surface area contributed by atoms with Gasteiger partial charge in [0.1, 0.15) is 11.5 Å². The molecular weight excluding hydrogens is 290 g/mol. The van der Waals surface area contributed by atoms with Crippen molar-refractivity contribution >= 4 is 0 Å². The normalized spacial score (nSPS) is 21.3. The number of piperazine rings is 1.